The van der Waals surface area contributed by atoms with Crippen LogP contribution < -0.4 is 5.32 Å². The van der Waals surface area contributed by atoms with E-state index in [1.165, 1.54) is 38.5 Å². The van der Waals surface area contributed by atoms with Gasteiger partial charge in [0.2, 0.25) is 0 Å². The third-order valence-corrected chi connectivity index (χ3v) is 4.22. The molecule has 2 atom stereocenters. The molecule has 19 heavy (non-hydrogen) atoms. The molecule has 0 aromatic heterocycles. The van der Waals surface area contributed by atoms with Crippen LogP contribution in [0.25, 0.3) is 0 Å². The van der Waals surface area contributed by atoms with Gasteiger partial charge in [0, 0.05) is 6.04 Å². The lowest BCUT2D eigenvalue weighted by Crippen LogP contribution is -2.46. The van der Waals surface area contributed by atoms with E-state index in [4.69, 9.17) is 4.74 Å². The summed E-state index contributed by atoms with van der Waals surface area (Å²) in [6.45, 7) is 6.69. The van der Waals surface area contributed by atoms with Gasteiger partial charge in [-0.05, 0) is 39.0 Å². The molecule has 0 aromatic rings. The molecule has 0 radical (unpaired) electrons. The van der Waals surface area contributed by atoms with Gasteiger partial charge < -0.3 is 10.1 Å². The molecule has 1 N–H and O–H groups in total. The molecular weight excluding hydrogens is 238 g/mol. The standard InChI is InChI=1S/C16H31NO2/c1-4-10-15(16(18)19-5-2)17-13(3)14-11-8-6-7-9-12-14/h13-15,17H,4-12H2,1-3H3/t13-,15?/m0/s1. The fourth-order valence-electron chi connectivity index (χ4n) is 3.07. The van der Waals surface area contributed by atoms with Crippen LogP contribution >= 0.6 is 0 Å². The normalized spacial score (nSPS) is 20.6. The van der Waals surface area contributed by atoms with Crippen molar-refractivity contribution < 1.29 is 9.53 Å². The van der Waals surface area contributed by atoms with E-state index in [2.05, 4.69) is 19.2 Å². The van der Waals surface area contributed by atoms with Crippen LogP contribution in [0.2, 0.25) is 0 Å². The highest BCUT2D eigenvalue weighted by atomic mass is 16.5. The SMILES string of the molecule is CCCC(N[C@@H](C)C1CCCCCC1)C(=O)OCC. The predicted molar refractivity (Wildman–Crippen MR) is 79.1 cm³/mol. The average Bonchev–Trinajstić information content (AvgIpc) is 2.67. The Hall–Kier alpha value is -0.570. The van der Waals surface area contributed by atoms with Crippen molar-refractivity contribution in [2.45, 2.75) is 84.2 Å². The van der Waals surface area contributed by atoms with E-state index in [-0.39, 0.29) is 12.0 Å². The van der Waals surface area contributed by atoms with Gasteiger partial charge in [0.25, 0.3) is 0 Å². The number of carbonyl (C=O) groups is 1. The summed E-state index contributed by atoms with van der Waals surface area (Å²) in [6.07, 6.45) is 9.91. The number of hydrogen-bond acceptors (Lipinski definition) is 3. The summed E-state index contributed by atoms with van der Waals surface area (Å²) < 4.78 is 5.17. The molecule has 3 nitrogen and oxygen atoms in total. The zero-order valence-corrected chi connectivity index (χ0v) is 12.9. The van der Waals surface area contributed by atoms with Gasteiger partial charge in [-0.15, -0.1) is 0 Å². The quantitative estimate of drug-likeness (QED) is 0.566. The molecule has 1 rings (SSSR count). The van der Waals surface area contributed by atoms with Crippen molar-refractivity contribution in [2.75, 3.05) is 6.61 Å². The van der Waals surface area contributed by atoms with E-state index >= 15 is 0 Å². The van der Waals surface area contributed by atoms with Gasteiger partial charge in [-0.25, -0.2) is 0 Å². The molecule has 0 aliphatic heterocycles. The molecule has 0 amide bonds. The van der Waals surface area contributed by atoms with Crippen LogP contribution in [0.5, 0.6) is 0 Å². The van der Waals surface area contributed by atoms with Crippen LogP contribution in [-0.2, 0) is 9.53 Å². The molecule has 112 valence electrons. The second kappa shape index (κ2) is 9.35. The fourth-order valence-corrected chi connectivity index (χ4v) is 3.07. The highest BCUT2D eigenvalue weighted by Gasteiger charge is 2.25. The number of hydrogen-bond donors (Lipinski definition) is 1. The van der Waals surface area contributed by atoms with Gasteiger partial charge in [0.15, 0.2) is 0 Å². The lowest BCUT2D eigenvalue weighted by molar-refractivity contribution is -0.146. The minimum Gasteiger partial charge on any atom is -0.465 e. The van der Waals surface area contributed by atoms with Crippen LogP contribution in [-0.4, -0.2) is 24.7 Å². The van der Waals surface area contributed by atoms with Gasteiger partial charge in [-0.3, -0.25) is 4.79 Å². The highest BCUT2D eigenvalue weighted by molar-refractivity contribution is 5.75. The van der Waals surface area contributed by atoms with E-state index in [1.54, 1.807) is 0 Å². The fraction of sp³-hybridized carbons (Fsp3) is 0.938. The largest absolute Gasteiger partial charge is 0.465 e. The maximum atomic E-state index is 11.9. The predicted octanol–water partition coefficient (Wildman–Crippen LogP) is 3.67. The Morgan fingerprint density at radius 3 is 2.37 bits per heavy atom. The first kappa shape index (κ1) is 16.5. The summed E-state index contributed by atoms with van der Waals surface area (Å²) in [7, 11) is 0. The third-order valence-electron chi connectivity index (χ3n) is 4.22. The van der Waals surface area contributed by atoms with Gasteiger partial charge in [-0.1, -0.05) is 39.0 Å². The van der Waals surface area contributed by atoms with Crippen molar-refractivity contribution in [3.8, 4) is 0 Å². The van der Waals surface area contributed by atoms with E-state index < -0.39 is 0 Å². The molecule has 3 heteroatoms. The second-order valence-electron chi connectivity index (χ2n) is 5.80. The molecule has 0 bridgehead atoms. The summed E-state index contributed by atoms with van der Waals surface area (Å²) in [4.78, 5) is 11.9. The minimum absolute atomic E-state index is 0.0789. The molecule has 0 spiro atoms. The molecular formula is C16H31NO2. The van der Waals surface area contributed by atoms with Gasteiger partial charge in [-0.2, -0.15) is 0 Å². The van der Waals surface area contributed by atoms with Crippen molar-refractivity contribution in [2.24, 2.45) is 5.92 Å². The monoisotopic (exact) mass is 269 g/mol. The minimum atomic E-state index is -0.122. The summed E-state index contributed by atoms with van der Waals surface area (Å²) in [5, 5.41) is 3.53. The van der Waals surface area contributed by atoms with Crippen LogP contribution in [0.3, 0.4) is 0 Å². The third kappa shape index (κ3) is 5.94. The molecule has 1 aliphatic carbocycles. The molecule has 1 saturated carbocycles. The maximum Gasteiger partial charge on any atom is 0.323 e. The van der Waals surface area contributed by atoms with Crippen LogP contribution in [0.15, 0.2) is 0 Å². The number of carbonyl (C=O) groups excluding carboxylic acids is 1. The van der Waals surface area contributed by atoms with E-state index in [1.807, 2.05) is 6.92 Å². The second-order valence-corrected chi connectivity index (χ2v) is 5.80. The van der Waals surface area contributed by atoms with Crippen molar-refractivity contribution in [1.29, 1.82) is 0 Å². The van der Waals surface area contributed by atoms with E-state index in [0.717, 1.165) is 18.8 Å². The molecule has 0 saturated heterocycles. The van der Waals surface area contributed by atoms with Crippen molar-refractivity contribution >= 4 is 5.97 Å². The Balaban J connectivity index is 2.48. The molecule has 1 unspecified atom stereocenters. The first-order chi connectivity index (χ1) is 9.19. The first-order valence-electron chi connectivity index (χ1n) is 8.11. The molecule has 0 heterocycles. The zero-order valence-electron chi connectivity index (χ0n) is 12.9. The zero-order chi connectivity index (χ0) is 14.1. The van der Waals surface area contributed by atoms with Crippen molar-refractivity contribution in [1.82, 2.24) is 5.32 Å². The highest BCUT2D eigenvalue weighted by Crippen LogP contribution is 2.25. The summed E-state index contributed by atoms with van der Waals surface area (Å²) in [5.41, 5.74) is 0. The van der Waals surface area contributed by atoms with Gasteiger partial charge in [0.1, 0.15) is 6.04 Å². The molecule has 1 fully saturated rings. The lowest BCUT2D eigenvalue weighted by Gasteiger charge is -2.27. The Morgan fingerprint density at radius 2 is 1.84 bits per heavy atom. The molecule has 1 aliphatic rings. The average molecular weight is 269 g/mol. The van der Waals surface area contributed by atoms with Crippen molar-refractivity contribution in [3.05, 3.63) is 0 Å². The Morgan fingerprint density at radius 1 is 1.21 bits per heavy atom. The van der Waals surface area contributed by atoms with Crippen LogP contribution in [0.4, 0.5) is 0 Å². The summed E-state index contributed by atoms with van der Waals surface area (Å²) in [5.74, 6) is 0.640. The first-order valence-corrected chi connectivity index (χ1v) is 8.11. The Kier molecular flexibility index (Phi) is 8.11. The number of esters is 1. The van der Waals surface area contributed by atoms with Crippen molar-refractivity contribution in [3.63, 3.8) is 0 Å². The summed E-state index contributed by atoms with van der Waals surface area (Å²) >= 11 is 0. The number of rotatable bonds is 7. The lowest BCUT2D eigenvalue weighted by atomic mass is 9.92. The van der Waals surface area contributed by atoms with E-state index in [9.17, 15) is 4.79 Å². The van der Waals surface area contributed by atoms with Crippen LogP contribution in [0, 0.1) is 5.92 Å². The number of ether oxygens (including phenoxy) is 1. The summed E-state index contributed by atoms with van der Waals surface area (Å²) in [6, 6.07) is 0.294. The Labute approximate surface area is 118 Å². The maximum absolute atomic E-state index is 11.9. The van der Waals surface area contributed by atoms with Gasteiger partial charge >= 0.3 is 5.97 Å². The smallest absolute Gasteiger partial charge is 0.323 e. The topological polar surface area (TPSA) is 38.3 Å². The van der Waals surface area contributed by atoms with E-state index in [0.29, 0.717) is 12.6 Å². The number of nitrogens with one attached hydrogen (secondary N) is 1. The Bertz CT molecular complexity index is 247. The van der Waals surface area contributed by atoms with Crippen LogP contribution in [0.1, 0.15) is 72.1 Å². The van der Waals surface area contributed by atoms with Gasteiger partial charge in [0.05, 0.1) is 6.61 Å². The molecule has 0 aromatic carbocycles.